The lowest BCUT2D eigenvalue weighted by atomic mass is 9.94. The fourth-order valence-corrected chi connectivity index (χ4v) is 3.56. The largest absolute Gasteiger partial charge is 0.468 e. The van der Waals surface area contributed by atoms with Gasteiger partial charge in [-0.1, -0.05) is 6.42 Å². The van der Waals surface area contributed by atoms with Gasteiger partial charge in [-0.15, -0.1) is 0 Å². The number of anilines is 1. The van der Waals surface area contributed by atoms with Crippen LogP contribution in [0.5, 0.6) is 11.5 Å². The minimum absolute atomic E-state index is 0.0290. The van der Waals surface area contributed by atoms with Gasteiger partial charge in [0.15, 0.2) is 11.5 Å². The van der Waals surface area contributed by atoms with Crippen LogP contribution < -0.4 is 20.1 Å². The van der Waals surface area contributed by atoms with Crippen molar-refractivity contribution < 1.29 is 18.7 Å². The fraction of sp³-hybridized carbons (Fsp3) is 0.450. The van der Waals surface area contributed by atoms with Crippen LogP contribution in [0.4, 0.5) is 5.69 Å². The van der Waals surface area contributed by atoms with Crippen molar-refractivity contribution in [3.8, 4) is 11.5 Å². The molecule has 2 heterocycles. The number of hydrogen-bond acceptors (Lipinski definition) is 5. The quantitative estimate of drug-likeness (QED) is 0.847. The third kappa shape index (κ3) is 3.55. The predicted molar refractivity (Wildman–Crippen MR) is 97.3 cm³/mol. The lowest BCUT2D eigenvalue weighted by molar-refractivity contribution is -0.115. The van der Waals surface area contributed by atoms with E-state index in [1.807, 2.05) is 37.3 Å². The lowest BCUT2D eigenvalue weighted by Gasteiger charge is -2.31. The van der Waals surface area contributed by atoms with Gasteiger partial charge in [0.1, 0.15) is 5.76 Å². The molecule has 1 aliphatic carbocycles. The van der Waals surface area contributed by atoms with E-state index in [4.69, 9.17) is 13.9 Å². The topological polar surface area (TPSA) is 72.7 Å². The number of rotatable bonds is 5. The molecule has 1 amide bonds. The standard InChI is InChI=1S/C20H24N2O4/c1-14(16-6-5-11-24-16)21-13-19(23)22-15-7-8-17-18(12-15)26-20(25-17)9-3-2-4-10-20/h5-8,11-12,14,21H,2-4,9-10,13H2,1H3,(H,22,23)/t14-/m1/s1. The molecule has 2 N–H and O–H groups in total. The third-order valence-electron chi connectivity index (χ3n) is 4.97. The molecule has 138 valence electrons. The number of amides is 1. The van der Waals surface area contributed by atoms with E-state index in [1.165, 1.54) is 6.42 Å². The van der Waals surface area contributed by atoms with Gasteiger partial charge in [-0.3, -0.25) is 10.1 Å². The Labute approximate surface area is 152 Å². The summed E-state index contributed by atoms with van der Waals surface area (Å²) in [7, 11) is 0. The molecule has 1 atom stereocenters. The molecular formula is C20H24N2O4. The van der Waals surface area contributed by atoms with Crippen molar-refractivity contribution in [2.24, 2.45) is 0 Å². The number of nitrogens with one attached hydrogen (secondary N) is 2. The molecule has 26 heavy (non-hydrogen) atoms. The fourth-order valence-electron chi connectivity index (χ4n) is 3.56. The molecule has 0 radical (unpaired) electrons. The third-order valence-corrected chi connectivity index (χ3v) is 4.97. The van der Waals surface area contributed by atoms with E-state index < -0.39 is 5.79 Å². The van der Waals surface area contributed by atoms with Gasteiger partial charge in [0, 0.05) is 24.6 Å². The Morgan fingerprint density at radius 1 is 1.15 bits per heavy atom. The van der Waals surface area contributed by atoms with Crippen molar-refractivity contribution in [2.45, 2.75) is 50.9 Å². The highest BCUT2D eigenvalue weighted by Gasteiger charge is 2.42. The van der Waals surface area contributed by atoms with E-state index in [-0.39, 0.29) is 18.5 Å². The summed E-state index contributed by atoms with van der Waals surface area (Å²) in [5, 5.41) is 6.04. The van der Waals surface area contributed by atoms with Gasteiger partial charge in [-0.05, 0) is 44.0 Å². The molecule has 1 saturated carbocycles. The Balaban J connectivity index is 1.33. The average molecular weight is 356 g/mol. The van der Waals surface area contributed by atoms with Crippen molar-refractivity contribution >= 4 is 11.6 Å². The molecule has 2 aliphatic rings. The molecule has 6 heteroatoms. The van der Waals surface area contributed by atoms with Gasteiger partial charge in [-0.2, -0.15) is 0 Å². The first-order valence-corrected chi connectivity index (χ1v) is 9.22. The number of benzene rings is 1. The Hall–Kier alpha value is -2.47. The van der Waals surface area contributed by atoms with Gasteiger partial charge < -0.3 is 19.2 Å². The Morgan fingerprint density at radius 2 is 1.96 bits per heavy atom. The van der Waals surface area contributed by atoms with Crippen LogP contribution in [0.2, 0.25) is 0 Å². The highest BCUT2D eigenvalue weighted by atomic mass is 16.7. The normalized spacial score (nSPS) is 18.7. The van der Waals surface area contributed by atoms with Crippen LogP contribution in [0.1, 0.15) is 50.8 Å². The summed E-state index contributed by atoms with van der Waals surface area (Å²) >= 11 is 0. The van der Waals surface area contributed by atoms with E-state index in [9.17, 15) is 4.79 Å². The van der Waals surface area contributed by atoms with Gasteiger partial charge in [0.2, 0.25) is 5.91 Å². The molecule has 0 unspecified atom stereocenters. The highest BCUT2D eigenvalue weighted by Crippen LogP contribution is 2.46. The summed E-state index contributed by atoms with van der Waals surface area (Å²) in [5.41, 5.74) is 0.706. The van der Waals surface area contributed by atoms with Gasteiger partial charge in [0.05, 0.1) is 18.8 Å². The van der Waals surface area contributed by atoms with Gasteiger partial charge in [-0.25, -0.2) is 0 Å². The molecule has 0 bridgehead atoms. The van der Waals surface area contributed by atoms with Crippen molar-refractivity contribution in [1.29, 1.82) is 0 Å². The summed E-state index contributed by atoms with van der Waals surface area (Å²) in [6, 6.07) is 9.24. The smallest absolute Gasteiger partial charge is 0.251 e. The minimum atomic E-state index is -0.497. The monoisotopic (exact) mass is 356 g/mol. The van der Waals surface area contributed by atoms with E-state index in [0.29, 0.717) is 11.4 Å². The van der Waals surface area contributed by atoms with Crippen LogP contribution in [-0.2, 0) is 4.79 Å². The molecule has 1 aromatic heterocycles. The van der Waals surface area contributed by atoms with E-state index in [0.717, 1.165) is 37.2 Å². The molecule has 1 aliphatic heterocycles. The van der Waals surface area contributed by atoms with Crippen molar-refractivity contribution in [2.75, 3.05) is 11.9 Å². The highest BCUT2D eigenvalue weighted by molar-refractivity contribution is 5.92. The maximum atomic E-state index is 12.2. The second-order valence-corrected chi connectivity index (χ2v) is 7.00. The maximum Gasteiger partial charge on any atom is 0.251 e. The summed E-state index contributed by atoms with van der Waals surface area (Å²) in [6.45, 7) is 2.15. The number of carbonyl (C=O) groups is 1. The molecule has 6 nitrogen and oxygen atoms in total. The van der Waals surface area contributed by atoms with Crippen molar-refractivity contribution in [1.82, 2.24) is 5.32 Å². The molecule has 2 aromatic rings. The van der Waals surface area contributed by atoms with E-state index in [1.54, 1.807) is 6.26 Å². The molecule has 0 saturated heterocycles. The Bertz CT molecular complexity index is 766. The Kier molecular flexibility index (Phi) is 4.59. The molecule has 1 spiro atoms. The van der Waals surface area contributed by atoms with Crippen LogP contribution in [0.15, 0.2) is 41.0 Å². The van der Waals surface area contributed by atoms with E-state index >= 15 is 0 Å². The lowest BCUT2D eigenvalue weighted by Crippen LogP contribution is -2.40. The number of furan rings is 1. The first kappa shape index (κ1) is 17.0. The van der Waals surface area contributed by atoms with E-state index in [2.05, 4.69) is 10.6 Å². The first-order chi connectivity index (χ1) is 12.6. The number of carbonyl (C=O) groups excluding carboxylic acids is 1. The van der Waals surface area contributed by atoms with Crippen LogP contribution in [0, 0.1) is 0 Å². The van der Waals surface area contributed by atoms with Crippen molar-refractivity contribution in [3.63, 3.8) is 0 Å². The minimum Gasteiger partial charge on any atom is -0.468 e. The van der Waals surface area contributed by atoms with Gasteiger partial charge >= 0.3 is 0 Å². The van der Waals surface area contributed by atoms with Crippen molar-refractivity contribution in [3.05, 3.63) is 42.4 Å². The second-order valence-electron chi connectivity index (χ2n) is 7.00. The summed E-state index contributed by atoms with van der Waals surface area (Å²) in [4.78, 5) is 12.2. The van der Waals surface area contributed by atoms with Crippen LogP contribution >= 0.6 is 0 Å². The van der Waals surface area contributed by atoms with Crippen LogP contribution in [0.25, 0.3) is 0 Å². The number of fused-ring (bicyclic) bond motifs is 1. The summed E-state index contributed by atoms with van der Waals surface area (Å²) in [6.07, 6.45) is 6.93. The zero-order valence-corrected chi connectivity index (χ0v) is 14.9. The molecule has 1 aromatic carbocycles. The molecular weight excluding hydrogens is 332 g/mol. The molecule has 4 rings (SSSR count). The van der Waals surface area contributed by atoms with Crippen LogP contribution in [0.3, 0.4) is 0 Å². The zero-order chi connectivity index (χ0) is 18.0. The van der Waals surface area contributed by atoms with Gasteiger partial charge in [0.25, 0.3) is 5.79 Å². The number of hydrogen-bond donors (Lipinski definition) is 2. The van der Waals surface area contributed by atoms with Crippen LogP contribution in [-0.4, -0.2) is 18.2 Å². The average Bonchev–Trinajstić information content (AvgIpc) is 3.28. The SMILES string of the molecule is C[C@@H](NCC(=O)Nc1ccc2c(c1)OC1(CCCCC1)O2)c1ccco1. The Morgan fingerprint density at radius 3 is 2.73 bits per heavy atom. The maximum absolute atomic E-state index is 12.2. The first-order valence-electron chi connectivity index (χ1n) is 9.22. The summed E-state index contributed by atoms with van der Waals surface area (Å²) < 4.78 is 17.5. The predicted octanol–water partition coefficient (Wildman–Crippen LogP) is 4.00. The summed E-state index contributed by atoms with van der Waals surface area (Å²) in [5.74, 6) is 1.66. The second kappa shape index (κ2) is 7.03. The number of ether oxygens (including phenoxy) is 2. The molecule has 1 fully saturated rings. The zero-order valence-electron chi connectivity index (χ0n) is 14.9.